The van der Waals surface area contributed by atoms with Crippen molar-refractivity contribution in [1.29, 1.82) is 0 Å². The zero-order chi connectivity index (χ0) is 18.7. The zero-order valence-corrected chi connectivity index (χ0v) is 16.8. The predicted octanol–water partition coefficient (Wildman–Crippen LogP) is 4.30. The third-order valence-corrected chi connectivity index (χ3v) is 4.58. The highest BCUT2D eigenvalue weighted by Gasteiger charge is 2.12. The Morgan fingerprint density at radius 3 is 2.65 bits per heavy atom. The van der Waals surface area contributed by atoms with E-state index in [9.17, 15) is 4.79 Å². The molecule has 0 aliphatic rings. The van der Waals surface area contributed by atoms with Crippen molar-refractivity contribution < 1.29 is 4.79 Å². The van der Waals surface area contributed by atoms with Crippen LogP contribution in [0.4, 0.5) is 0 Å². The number of aromatic nitrogens is 1. The number of aryl methyl sites for hydroxylation is 1. The number of fused-ring (bicyclic) bond motifs is 1. The Kier molecular flexibility index (Phi) is 5.69. The molecular weight excluding hydrogens is 390 g/mol. The van der Waals surface area contributed by atoms with Crippen LogP contribution in [-0.4, -0.2) is 29.9 Å². The number of nitrogens with zero attached hydrogens (tertiary/aromatic N) is 2. The third-order valence-electron chi connectivity index (χ3n) is 4.09. The molecule has 3 rings (SSSR count). The molecule has 0 radical (unpaired) electrons. The second-order valence-electron chi connectivity index (χ2n) is 6.71. The van der Waals surface area contributed by atoms with Crippen molar-refractivity contribution in [2.45, 2.75) is 20.0 Å². The topological polar surface area (TPSA) is 45.2 Å². The zero-order valence-electron chi connectivity index (χ0n) is 15.2. The van der Waals surface area contributed by atoms with Gasteiger partial charge in [-0.25, -0.2) is 0 Å². The Morgan fingerprint density at radius 2 is 1.88 bits per heavy atom. The van der Waals surface area contributed by atoms with Crippen LogP contribution < -0.4 is 5.32 Å². The highest BCUT2D eigenvalue weighted by atomic mass is 79.9. The van der Waals surface area contributed by atoms with Gasteiger partial charge >= 0.3 is 0 Å². The lowest BCUT2D eigenvalue weighted by molar-refractivity contribution is 0.0952. The van der Waals surface area contributed by atoms with Crippen LogP contribution in [0.25, 0.3) is 10.9 Å². The molecule has 0 aliphatic carbocycles. The van der Waals surface area contributed by atoms with E-state index in [-0.39, 0.29) is 5.91 Å². The summed E-state index contributed by atoms with van der Waals surface area (Å²) in [5.41, 5.74) is 4.63. The molecule has 0 atom stereocenters. The second kappa shape index (κ2) is 7.98. The van der Waals surface area contributed by atoms with Crippen molar-refractivity contribution in [3.8, 4) is 0 Å². The lowest BCUT2D eigenvalue weighted by Gasteiger charge is -2.12. The maximum atomic E-state index is 12.8. The van der Waals surface area contributed by atoms with Gasteiger partial charge in [-0.3, -0.25) is 9.78 Å². The van der Waals surface area contributed by atoms with Crippen LogP contribution in [0.2, 0.25) is 0 Å². The van der Waals surface area contributed by atoms with E-state index < -0.39 is 0 Å². The number of rotatable bonds is 5. The van der Waals surface area contributed by atoms with Gasteiger partial charge in [-0.05, 0) is 50.3 Å². The van der Waals surface area contributed by atoms with E-state index in [0.717, 1.165) is 33.2 Å². The molecule has 0 saturated carbocycles. The van der Waals surface area contributed by atoms with Gasteiger partial charge < -0.3 is 10.2 Å². The van der Waals surface area contributed by atoms with Crippen LogP contribution >= 0.6 is 15.9 Å². The van der Waals surface area contributed by atoms with Crippen LogP contribution in [-0.2, 0) is 13.1 Å². The first kappa shape index (κ1) is 18.5. The van der Waals surface area contributed by atoms with Crippen molar-refractivity contribution >= 4 is 32.7 Å². The van der Waals surface area contributed by atoms with E-state index in [0.29, 0.717) is 12.1 Å². The Hall–Kier alpha value is -2.24. The SMILES string of the molecule is Cc1cc(C(=O)NCc2cccc(CN(C)C)c2)c2ccc(Br)cc2n1. The summed E-state index contributed by atoms with van der Waals surface area (Å²) in [7, 11) is 4.09. The molecule has 0 spiro atoms. The molecule has 134 valence electrons. The number of benzene rings is 2. The minimum absolute atomic E-state index is 0.0826. The molecule has 3 aromatic rings. The molecular formula is C21H22BrN3O. The summed E-state index contributed by atoms with van der Waals surface area (Å²) in [6.07, 6.45) is 0. The monoisotopic (exact) mass is 411 g/mol. The van der Waals surface area contributed by atoms with Crippen LogP contribution in [0.5, 0.6) is 0 Å². The highest BCUT2D eigenvalue weighted by Crippen LogP contribution is 2.22. The Bertz CT molecular complexity index is 948. The van der Waals surface area contributed by atoms with Gasteiger partial charge in [0.2, 0.25) is 0 Å². The van der Waals surface area contributed by atoms with Gasteiger partial charge in [-0.15, -0.1) is 0 Å². The van der Waals surface area contributed by atoms with Gasteiger partial charge in [-0.2, -0.15) is 0 Å². The average molecular weight is 412 g/mol. The first-order chi connectivity index (χ1) is 12.4. The summed E-state index contributed by atoms with van der Waals surface area (Å²) >= 11 is 3.46. The molecule has 0 aliphatic heterocycles. The Morgan fingerprint density at radius 1 is 1.12 bits per heavy atom. The fourth-order valence-electron chi connectivity index (χ4n) is 3.00. The molecule has 0 bridgehead atoms. The average Bonchev–Trinajstić information content (AvgIpc) is 2.58. The van der Waals surface area contributed by atoms with E-state index in [2.05, 4.69) is 43.3 Å². The number of hydrogen-bond acceptors (Lipinski definition) is 3. The van der Waals surface area contributed by atoms with Gasteiger partial charge in [0.1, 0.15) is 0 Å². The molecule has 0 saturated heterocycles. The van der Waals surface area contributed by atoms with Crippen molar-refractivity contribution in [1.82, 2.24) is 15.2 Å². The molecule has 1 heterocycles. The van der Waals surface area contributed by atoms with Gasteiger partial charge in [0.05, 0.1) is 11.1 Å². The lowest BCUT2D eigenvalue weighted by Crippen LogP contribution is -2.23. The van der Waals surface area contributed by atoms with Gasteiger partial charge in [-0.1, -0.05) is 46.3 Å². The summed E-state index contributed by atoms with van der Waals surface area (Å²) in [4.78, 5) is 19.4. The standard InChI is InChI=1S/C21H22BrN3O/c1-14-9-19(18-8-7-17(22)11-20(18)24-14)21(26)23-12-15-5-4-6-16(10-15)13-25(2)3/h4-11H,12-13H2,1-3H3,(H,23,26). The number of carbonyl (C=O) groups excluding carboxylic acids is 1. The number of nitrogens with one attached hydrogen (secondary N) is 1. The fourth-order valence-corrected chi connectivity index (χ4v) is 3.35. The Labute approximate surface area is 162 Å². The number of halogens is 1. The fraction of sp³-hybridized carbons (Fsp3) is 0.238. The van der Waals surface area contributed by atoms with Crippen LogP contribution in [0.3, 0.4) is 0 Å². The van der Waals surface area contributed by atoms with Gasteiger partial charge in [0.15, 0.2) is 0 Å². The molecule has 0 unspecified atom stereocenters. The van der Waals surface area contributed by atoms with Crippen molar-refractivity contribution in [3.63, 3.8) is 0 Å². The van der Waals surface area contributed by atoms with Crippen LogP contribution in [0.15, 0.2) is 53.0 Å². The van der Waals surface area contributed by atoms with E-state index in [1.54, 1.807) is 0 Å². The van der Waals surface area contributed by atoms with E-state index in [1.807, 2.05) is 57.4 Å². The van der Waals surface area contributed by atoms with E-state index in [1.165, 1.54) is 5.56 Å². The maximum absolute atomic E-state index is 12.8. The van der Waals surface area contributed by atoms with Crippen LogP contribution in [0, 0.1) is 6.92 Å². The third kappa shape index (κ3) is 4.48. The predicted molar refractivity (Wildman–Crippen MR) is 109 cm³/mol. The van der Waals surface area contributed by atoms with Crippen LogP contribution in [0.1, 0.15) is 27.2 Å². The number of hydrogen-bond donors (Lipinski definition) is 1. The number of amides is 1. The minimum atomic E-state index is -0.0826. The van der Waals surface area contributed by atoms with E-state index >= 15 is 0 Å². The molecule has 0 fully saturated rings. The van der Waals surface area contributed by atoms with Crippen molar-refractivity contribution in [2.75, 3.05) is 14.1 Å². The summed E-state index contributed by atoms with van der Waals surface area (Å²) in [5, 5.41) is 3.90. The summed E-state index contributed by atoms with van der Waals surface area (Å²) < 4.78 is 0.951. The minimum Gasteiger partial charge on any atom is -0.348 e. The van der Waals surface area contributed by atoms with E-state index in [4.69, 9.17) is 0 Å². The molecule has 1 amide bonds. The quantitative estimate of drug-likeness (QED) is 0.680. The molecule has 4 nitrogen and oxygen atoms in total. The summed E-state index contributed by atoms with van der Waals surface area (Å²) in [5.74, 6) is -0.0826. The largest absolute Gasteiger partial charge is 0.348 e. The highest BCUT2D eigenvalue weighted by molar-refractivity contribution is 9.10. The number of carbonyl (C=O) groups is 1. The van der Waals surface area contributed by atoms with Gasteiger partial charge in [0, 0.05) is 28.6 Å². The molecule has 2 aromatic carbocycles. The Balaban J connectivity index is 1.80. The summed E-state index contributed by atoms with van der Waals surface area (Å²) in [6.45, 7) is 3.28. The summed E-state index contributed by atoms with van der Waals surface area (Å²) in [6, 6.07) is 15.9. The van der Waals surface area contributed by atoms with Crippen molar-refractivity contribution in [2.24, 2.45) is 0 Å². The smallest absolute Gasteiger partial charge is 0.252 e. The molecule has 5 heteroatoms. The maximum Gasteiger partial charge on any atom is 0.252 e. The second-order valence-corrected chi connectivity index (χ2v) is 7.63. The lowest BCUT2D eigenvalue weighted by atomic mass is 10.1. The normalized spacial score (nSPS) is 11.1. The molecule has 26 heavy (non-hydrogen) atoms. The first-order valence-corrected chi connectivity index (χ1v) is 9.29. The number of pyridine rings is 1. The molecule has 1 aromatic heterocycles. The van der Waals surface area contributed by atoms with Gasteiger partial charge in [0.25, 0.3) is 5.91 Å². The molecule has 1 N–H and O–H groups in total. The van der Waals surface area contributed by atoms with Crippen molar-refractivity contribution in [3.05, 3.63) is 75.4 Å². The first-order valence-electron chi connectivity index (χ1n) is 8.50.